The van der Waals surface area contributed by atoms with Gasteiger partial charge in [0, 0.05) is 24.0 Å². The molecular weight excluding hydrogens is 281 g/mol. The minimum Gasteiger partial charge on any atom is -0.366 e. The number of hydrogen-bond donors (Lipinski definition) is 1. The number of aromatic nitrogens is 1. The first kappa shape index (κ1) is 16.4. The van der Waals surface area contributed by atoms with Crippen LogP contribution < -0.4 is 5.73 Å². The molecule has 0 spiro atoms. The van der Waals surface area contributed by atoms with E-state index in [2.05, 4.69) is 4.98 Å². The van der Waals surface area contributed by atoms with Crippen molar-refractivity contribution in [3.8, 4) is 0 Å². The number of rotatable bonds is 2. The first-order chi connectivity index (χ1) is 9.88. The Morgan fingerprint density at radius 1 is 1.05 bits per heavy atom. The van der Waals surface area contributed by atoms with Gasteiger partial charge < -0.3 is 5.73 Å². The minimum atomic E-state index is -4.33. The van der Waals surface area contributed by atoms with E-state index in [1.165, 1.54) is 24.3 Å². The summed E-state index contributed by atoms with van der Waals surface area (Å²) in [5.41, 5.74) is 5.59. The van der Waals surface area contributed by atoms with Crippen LogP contribution >= 0.6 is 0 Å². The van der Waals surface area contributed by atoms with E-state index in [9.17, 15) is 18.0 Å². The van der Waals surface area contributed by atoms with E-state index >= 15 is 0 Å². The molecule has 0 fully saturated rings. The summed E-state index contributed by atoms with van der Waals surface area (Å²) in [5, 5.41) is 0. The number of halogens is 3. The summed E-state index contributed by atoms with van der Waals surface area (Å²) >= 11 is 0. The van der Waals surface area contributed by atoms with Gasteiger partial charge in [-0.3, -0.25) is 9.78 Å². The zero-order valence-electron chi connectivity index (χ0n) is 10.9. The van der Waals surface area contributed by atoms with Gasteiger partial charge in [-0.05, 0) is 29.8 Å². The molecule has 1 aromatic carbocycles. The van der Waals surface area contributed by atoms with Crippen LogP contribution in [0.2, 0.25) is 0 Å². The van der Waals surface area contributed by atoms with E-state index in [0.29, 0.717) is 5.56 Å². The largest absolute Gasteiger partial charge is 0.409 e. The lowest BCUT2D eigenvalue weighted by atomic mass is 10.1. The molecule has 0 aliphatic rings. The molecule has 21 heavy (non-hydrogen) atoms. The molecular formula is C15H13F3N2O. The van der Waals surface area contributed by atoms with E-state index in [4.69, 9.17) is 5.73 Å². The lowest BCUT2D eigenvalue weighted by Gasteiger charge is -1.99. The molecule has 1 heterocycles. The number of pyridine rings is 1. The van der Waals surface area contributed by atoms with Crippen molar-refractivity contribution in [2.24, 2.45) is 5.73 Å². The Hall–Kier alpha value is -2.63. The van der Waals surface area contributed by atoms with Crippen LogP contribution in [0.5, 0.6) is 0 Å². The fraction of sp³-hybridized carbons (Fsp3) is 0.0667. The SMILES string of the molecule is NC(=O)c1ccc(/C=C/C(F)(F)F)cc1.c1ccncc1. The number of nitrogens with two attached hydrogens (primary N) is 1. The van der Waals surface area contributed by atoms with Gasteiger partial charge in [-0.2, -0.15) is 13.2 Å². The summed E-state index contributed by atoms with van der Waals surface area (Å²) in [6.07, 6.45) is 0.222. The smallest absolute Gasteiger partial charge is 0.366 e. The summed E-state index contributed by atoms with van der Waals surface area (Å²) in [7, 11) is 0. The third kappa shape index (κ3) is 7.51. The molecule has 0 aliphatic carbocycles. The second kappa shape index (κ2) is 7.84. The van der Waals surface area contributed by atoms with Crippen molar-refractivity contribution < 1.29 is 18.0 Å². The molecule has 0 saturated carbocycles. The molecule has 0 bridgehead atoms. The van der Waals surface area contributed by atoms with Gasteiger partial charge in [-0.15, -0.1) is 0 Å². The summed E-state index contributed by atoms with van der Waals surface area (Å²) < 4.78 is 35.4. The monoisotopic (exact) mass is 294 g/mol. The summed E-state index contributed by atoms with van der Waals surface area (Å²) in [6.45, 7) is 0. The maximum Gasteiger partial charge on any atom is 0.409 e. The molecule has 110 valence electrons. The summed E-state index contributed by atoms with van der Waals surface area (Å²) in [6, 6.07) is 11.2. The topological polar surface area (TPSA) is 56.0 Å². The fourth-order valence-electron chi connectivity index (χ4n) is 1.26. The van der Waals surface area contributed by atoms with E-state index < -0.39 is 12.1 Å². The number of carbonyl (C=O) groups excluding carboxylic acids is 1. The Morgan fingerprint density at radius 3 is 1.95 bits per heavy atom. The highest BCUT2D eigenvalue weighted by Gasteiger charge is 2.21. The molecule has 2 N–H and O–H groups in total. The average molecular weight is 294 g/mol. The van der Waals surface area contributed by atoms with Crippen molar-refractivity contribution >= 4 is 12.0 Å². The molecule has 0 atom stereocenters. The Morgan fingerprint density at radius 2 is 1.62 bits per heavy atom. The lowest BCUT2D eigenvalue weighted by molar-refractivity contribution is -0.0790. The highest BCUT2D eigenvalue weighted by Crippen LogP contribution is 2.18. The van der Waals surface area contributed by atoms with Gasteiger partial charge in [0.15, 0.2) is 0 Å². The molecule has 0 radical (unpaired) electrons. The van der Waals surface area contributed by atoms with E-state index in [1.807, 2.05) is 18.2 Å². The first-order valence-corrected chi connectivity index (χ1v) is 5.89. The highest BCUT2D eigenvalue weighted by atomic mass is 19.4. The van der Waals surface area contributed by atoms with Gasteiger partial charge in [0.2, 0.25) is 5.91 Å². The Bertz CT molecular complexity index is 551. The molecule has 1 aromatic heterocycles. The number of hydrogen-bond acceptors (Lipinski definition) is 2. The van der Waals surface area contributed by atoms with E-state index in [1.54, 1.807) is 12.4 Å². The third-order valence-electron chi connectivity index (χ3n) is 2.23. The molecule has 6 heteroatoms. The van der Waals surface area contributed by atoms with Gasteiger partial charge in [-0.25, -0.2) is 0 Å². The second-order valence-corrected chi connectivity index (χ2v) is 3.89. The Labute approximate surface area is 119 Å². The minimum absolute atomic E-state index is 0.131. The van der Waals surface area contributed by atoms with Crippen LogP contribution in [-0.4, -0.2) is 17.1 Å². The number of primary amides is 1. The fourth-order valence-corrected chi connectivity index (χ4v) is 1.26. The quantitative estimate of drug-likeness (QED) is 0.922. The number of allylic oxidation sites excluding steroid dienone is 1. The van der Waals surface area contributed by atoms with Crippen molar-refractivity contribution in [2.45, 2.75) is 6.18 Å². The Balaban J connectivity index is 0.000000304. The number of nitrogens with zero attached hydrogens (tertiary/aromatic N) is 1. The molecule has 0 saturated heterocycles. The van der Waals surface area contributed by atoms with Gasteiger partial charge in [0.1, 0.15) is 0 Å². The van der Waals surface area contributed by atoms with Gasteiger partial charge in [-0.1, -0.05) is 24.3 Å². The molecule has 2 rings (SSSR count). The number of alkyl halides is 3. The summed E-state index contributed by atoms with van der Waals surface area (Å²) in [4.78, 5) is 14.4. The van der Waals surface area contributed by atoms with Crippen LogP contribution in [0, 0.1) is 0 Å². The normalized spacial score (nSPS) is 10.8. The maximum atomic E-state index is 11.8. The van der Waals surface area contributed by atoms with Crippen LogP contribution in [0.25, 0.3) is 6.08 Å². The molecule has 0 unspecified atom stereocenters. The molecule has 3 nitrogen and oxygen atoms in total. The zero-order chi connectivity index (χ0) is 15.7. The number of amides is 1. The average Bonchev–Trinajstić information content (AvgIpc) is 2.47. The lowest BCUT2D eigenvalue weighted by Crippen LogP contribution is -2.10. The summed E-state index contributed by atoms with van der Waals surface area (Å²) in [5.74, 6) is -0.610. The predicted molar refractivity (Wildman–Crippen MR) is 74.3 cm³/mol. The standard InChI is InChI=1S/C10H8F3NO.C5H5N/c11-10(12,13)6-5-7-1-3-8(4-2-7)9(14)15;1-2-4-6-5-3-1/h1-6H,(H2,14,15);1-5H/b6-5+;. The van der Waals surface area contributed by atoms with Crippen molar-refractivity contribution in [2.75, 3.05) is 0 Å². The second-order valence-electron chi connectivity index (χ2n) is 3.89. The van der Waals surface area contributed by atoms with E-state index in [-0.39, 0.29) is 11.6 Å². The van der Waals surface area contributed by atoms with Crippen LogP contribution in [0.1, 0.15) is 15.9 Å². The van der Waals surface area contributed by atoms with Crippen LogP contribution in [-0.2, 0) is 0 Å². The number of carbonyl (C=O) groups is 1. The predicted octanol–water partition coefficient (Wildman–Crippen LogP) is 3.44. The molecule has 1 amide bonds. The Kier molecular flexibility index (Phi) is 6.13. The van der Waals surface area contributed by atoms with Crippen LogP contribution in [0.15, 0.2) is 60.9 Å². The van der Waals surface area contributed by atoms with E-state index in [0.717, 1.165) is 6.08 Å². The van der Waals surface area contributed by atoms with Crippen molar-refractivity contribution in [3.05, 3.63) is 72.1 Å². The van der Waals surface area contributed by atoms with Crippen LogP contribution in [0.3, 0.4) is 0 Å². The molecule has 2 aromatic rings. The van der Waals surface area contributed by atoms with Crippen molar-refractivity contribution in [1.29, 1.82) is 0 Å². The van der Waals surface area contributed by atoms with Crippen molar-refractivity contribution in [1.82, 2.24) is 4.98 Å². The molecule has 0 aliphatic heterocycles. The van der Waals surface area contributed by atoms with Crippen LogP contribution in [0.4, 0.5) is 13.2 Å². The highest BCUT2D eigenvalue weighted by molar-refractivity contribution is 5.92. The van der Waals surface area contributed by atoms with Gasteiger partial charge in [0.25, 0.3) is 0 Å². The number of benzene rings is 1. The first-order valence-electron chi connectivity index (χ1n) is 5.89. The maximum absolute atomic E-state index is 11.8. The van der Waals surface area contributed by atoms with Gasteiger partial charge >= 0.3 is 6.18 Å². The van der Waals surface area contributed by atoms with Gasteiger partial charge in [0.05, 0.1) is 0 Å². The third-order valence-corrected chi connectivity index (χ3v) is 2.23. The zero-order valence-corrected chi connectivity index (χ0v) is 10.9. The van der Waals surface area contributed by atoms with Crippen molar-refractivity contribution in [3.63, 3.8) is 0 Å².